The van der Waals surface area contributed by atoms with Gasteiger partial charge in [-0.3, -0.25) is 0 Å². The van der Waals surface area contributed by atoms with Gasteiger partial charge in [-0.15, -0.1) is 0 Å². The van der Waals surface area contributed by atoms with Crippen LogP contribution in [0.2, 0.25) is 0 Å². The number of hydrogen-bond donors (Lipinski definition) is 0. The number of nitrogens with zero attached hydrogens (tertiary/aromatic N) is 2. The van der Waals surface area contributed by atoms with Crippen molar-refractivity contribution in [3.63, 3.8) is 0 Å². The van der Waals surface area contributed by atoms with E-state index in [0.29, 0.717) is 11.8 Å². The van der Waals surface area contributed by atoms with E-state index in [9.17, 15) is 0 Å². The molecule has 0 spiro atoms. The molecule has 0 amide bonds. The molecule has 0 aliphatic rings. The van der Waals surface area contributed by atoms with Gasteiger partial charge in [-0.05, 0) is 76.9 Å². The van der Waals surface area contributed by atoms with Crippen LogP contribution in [0, 0.1) is 6.92 Å². The lowest BCUT2D eigenvalue weighted by molar-refractivity contribution is -0.633. The van der Waals surface area contributed by atoms with Gasteiger partial charge in [0.25, 0.3) is 5.82 Å². The van der Waals surface area contributed by atoms with Crippen LogP contribution in [0.15, 0.2) is 132 Å². The second kappa shape index (κ2) is 11.7. The van der Waals surface area contributed by atoms with Crippen molar-refractivity contribution >= 4 is 33.0 Å². The molecule has 0 bridgehead atoms. The summed E-state index contributed by atoms with van der Waals surface area (Å²) in [4.78, 5) is 0. The third-order valence-corrected chi connectivity index (χ3v) is 9.94. The first-order valence-electron chi connectivity index (χ1n) is 17.1. The molecule has 0 aliphatic heterocycles. The Labute approximate surface area is 282 Å². The van der Waals surface area contributed by atoms with Crippen LogP contribution in [0.3, 0.4) is 0 Å². The first-order valence-corrected chi connectivity index (χ1v) is 17.1. The Morgan fingerprint density at radius 1 is 0.625 bits per heavy atom. The predicted molar refractivity (Wildman–Crippen MR) is 201 cm³/mol. The van der Waals surface area contributed by atoms with E-state index in [1.807, 2.05) is 0 Å². The molecule has 0 N–H and O–H groups in total. The largest absolute Gasteiger partial charge is 0.455 e. The van der Waals surface area contributed by atoms with E-state index in [2.05, 4.69) is 178 Å². The number of aromatic nitrogens is 2. The molecule has 0 radical (unpaired) electrons. The van der Waals surface area contributed by atoms with Crippen molar-refractivity contribution in [1.82, 2.24) is 4.57 Å². The van der Waals surface area contributed by atoms with Crippen LogP contribution in [-0.2, 0) is 7.05 Å². The maximum absolute atomic E-state index is 6.93. The number of fused-ring (bicyclic) bond motifs is 4. The van der Waals surface area contributed by atoms with Gasteiger partial charge in [-0.25, -0.2) is 4.57 Å². The molecule has 3 nitrogen and oxygen atoms in total. The Kier molecular flexibility index (Phi) is 7.29. The van der Waals surface area contributed by atoms with Gasteiger partial charge in [0.05, 0.1) is 7.05 Å². The Hall–Kier alpha value is -5.41. The molecule has 6 aromatic carbocycles. The zero-order valence-electron chi connectivity index (χ0n) is 28.6. The van der Waals surface area contributed by atoms with Gasteiger partial charge in [0.2, 0.25) is 0 Å². The summed E-state index contributed by atoms with van der Waals surface area (Å²) in [5.41, 5.74) is 15.3. The molecule has 236 valence electrons. The molecule has 3 heteroatoms. The Morgan fingerprint density at radius 3 is 1.92 bits per heavy atom. The molecular formula is C45H41N2O+. The first-order chi connectivity index (χ1) is 23.3. The minimum atomic E-state index is 0.303. The van der Waals surface area contributed by atoms with Crippen LogP contribution >= 0.6 is 0 Å². The second-order valence-electron chi connectivity index (χ2n) is 13.7. The van der Waals surface area contributed by atoms with E-state index in [4.69, 9.17) is 4.42 Å². The summed E-state index contributed by atoms with van der Waals surface area (Å²) < 4.78 is 11.8. The maximum Gasteiger partial charge on any atom is 0.299 e. The smallest absolute Gasteiger partial charge is 0.299 e. The molecule has 8 rings (SSSR count). The molecule has 8 aromatic rings. The Morgan fingerprint density at radius 2 is 1.25 bits per heavy atom. The summed E-state index contributed by atoms with van der Waals surface area (Å²) in [5, 5.41) is 2.29. The molecule has 48 heavy (non-hydrogen) atoms. The third-order valence-electron chi connectivity index (χ3n) is 9.94. The number of benzene rings is 6. The van der Waals surface area contributed by atoms with E-state index in [0.717, 1.165) is 33.3 Å². The van der Waals surface area contributed by atoms with Gasteiger partial charge in [-0.1, -0.05) is 125 Å². The molecule has 0 fully saturated rings. The van der Waals surface area contributed by atoms with Crippen LogP contribution < -0.4 is 4.57 Å². The van der Waals surface area contributed by atoms with Crippen LogP contribution in [0.4, 0.5) is 0 Å². The number of para-hydroxylation sites is 2. The Bertz CT molecular complexity index is 2430. The van der Waals surface area contributed by atoms with Crippen molar-refractivity contribution in [1.29, 1.82) is 0 Å². The number of furan rings is 1. The monoisotopic (exact) mass is 625 g/mol. The Balaban J connectivity index is 1.50. The highest BCUT2D eigenvalue weighted by atomic mass is 16.3. The van der Waals surface area contributed by atoms with Gasteiger partial charge in [-0.2, -0.15) is 4.57 Å². The molecule has 2 aromatic heterocycles. The standard InChI is InChI=1S/C45H41N2O/c1-28(2)36-26-33(31-16-9-7-10-17-31)27-37(29(3)4)43(36)47-39-22-14-13-21-38(39)46(6)45(47)41-30(5)24-25-35-42-34(32-18-11-8-12-19-32)20-15-23-40(42)48-44(35)41/h7-29H,1-6H3/q+1. The summed E-state index contributed by atoms with van der Waals surface area (Å²) in [6.07, 6.45) is 0. The predicted octanol–water partition coefficient (Wildman–Crippen LogP) is 11.9. The fourth-order valence-electron chi connectivity index (χ4n) is 7.56. The topological polar surface area (TPSA) is 21.9 Å². The zero-order valence-corrected chi connectivity index (χ0v) is 28.6. The van der Waals surface area contributed by atoms with Gasteiger partial charge in [0.1, 0.15) is 16.8 Å². The van der Waals surface area contributed by atoms with E-state index in [-0.39, 0.29) is 0 Å². The normalized spacial score (nSPS) is 11.9. The maximum atomic E-state index is 6.93. The molecular weight excluding hydrogens is 585 g/mol. The van der Waals surface area contributed by atoms with Crippen molar-refractivity contribution in [2.75, 3.05) is 0 Å². The van der Waals surface area contributed by atoms with E-state index >= 15 is 0 Å². The van der Waals surface area contributed by atoms with Crippen molar-refractivity contribution in [2.45, 2.75) is 46.5 Å². The minimum Gasteiger partial charge on any atom is -0.455 e. The highest BCUT2D eigenvalue weighted by Crippen LogP contribution is 2.44. The van der Waals surface area contributed by atoms with Crippen LogP contribution in [0.1, 0.15) is 56.2 Å². The molecule has 0 saturated carbocycles. The number of imidazole rings is 1. The van der Waals surface area contributed by atoms with Crippen LogP contribution in [0.5, 0.6) is 0 Å². The van der Waals surface area contributed by atoms with E-state index in [1.54, 1.807) is 0 Å². The van der Waals surface area contributed by atoms with Crippen molar-refractivity contribution in [3.05, 3.63) is 144 Å². The summed E-state index contributed by atoms with van der Waals surface area (Å²) in [6.45, 7) is 11.5. The fourth-order valence-corrected chi connectivity index (χ4v) is 7.56. The summed E-state index contributed by atoms with van der Waals surface area (Å²) >= 11 is 0. The zero-order chi connectivity index (χ0) is 33.1. The van der Waals surface area contributed by atoms with E-state index in [1.165, 1.54) is 55.7 Å². The molecule has 2 heterocycles. The van der Waals surface area contributed by atoms with Crippen molar-refractivity contribution in [3.8, 4) is 39.3 Å². The van der Waals surface area contributed by atoms with E-state index < -0.39 is 0 Å². The molecule has 0 unspecified atom stereocenters. The van der Waals surface area contributed by atoms with Crippen molar-refractivity contribution in [2.24, 2.45) is 7.05 Å². The van der Waals surface area contributed by atoms with Gasteiger partial charge in [0.15, 0.2) is 16.6 Å². The number of rotatable bonds is 6. The number of aryl methyl sites for hydroxylation is 2. The van der Waals surface area contributed by atoms with Crippen LogP contribution in [0.25, 0.3) is 72.3 Å². The lowest BCUT2D eigenvalue weighted by Gasteiger charge is -2.21. The lowest BCUT2D eigenvalue weighted by atomic mass is 9.88. The average molecular weight is 626 g/mol. The van der Waals surface area contributed by atoms with Crippen LogP contribution in [-0.4, -0.2) is 4.57 Å². The van der Waals surface area contributed by atoms with Gasteiger partial charge >= 0.3 is 0 Å². The second-order valence-corrected chi connectivity index (χ2v) is 13.7. The summed E-state index contributed by atoms with van der Waals surface area (Å²) in [5.74, 6) is 1.73. The lowest BCUT2D eigenvalue weighted by Crippen LogP contribution is -2.30. The van der Waals surface area contributed by atoms with Gasteiger partial charge in [0, 0.05) is 21.9 Å². The van der Waals surface area contributed by atoms with Gasteiger partial charge < -0.3 is 4.42 Å². The average Bonchev–Trinajstić information content (AvgIpc) is 3.63. The van der Waals surface area contributed by atoms with Crippen molar-refractivity contribution < 1.29 is 8.98 Å². The summed E-state index contributed by atoms with van der Waals surface area (Å²) in [7, 11) is 2.20. The quantitative estimate of drug-likeness (QED) is 0.169. The highest BCUT2D eigenvalue weighted by molar-refractivity contribution is 6.15. The first kappa shape index (κ1) is 30.0. The SMILES string of the molecule is Cc1ccc2c(oc3cccc(-c4ccccc4)c32)c1-c1n(-c2c(C(C)C)cc(-c3ccccc3)cc2C(C)C)c2ccccc2[n+]1C. The third kappa shape index (κ3) is 4.68. The highest BCUT2D eigenvalue weighted by Gasteiger charge is 2.34. The number of hydrogen-bond acceptors (Lipinski definition) is 1. The molecule has 0 aliphatic carbocycles. The fraction of sp³-hybridized carbons (Fsp3) is 0.178. The minimum absolute atomic E-state index is 0.303. The molecule has 0 saturated heterocycles. The summed E-state index contributed by atoms with van der Waals surface area (Å²) in [6, 6.07) is 46.0. The molecule has 0 atom stereocenters.